The standard InChI is InChI=1S/C10H20N2O3.ClH/c1-8-7-12(3-4-15-8)10(13)5-9(6-11)14-2;/h8-9H,3-7,11H2,1-2H3;1H. The number of rotatable bonds is 4. The van der Waals surface area contributed by atoms with E-state index in [1.807, 2.05) is 11.8 Å². The van der Waals surface area contributed by atoms with Gasteiger partial charge in [-0.1, -0.05) is 0 Å². The van der Waals surface area contributed by atoms with Crippen molar-refractivity contribution in [3.05, 3.63) is 0 Å². The van der Waals surface area contributed by atoms with Gasteiger partial charge in [-0.15, -0.1) is 12.4 Å². The van der Waals surface area contributed by atoms with Gasteiger partial charge in [0, 0.05) is 26.7 Å². The topological polar surface area (TPSA) is 64.8 Å². The van der Waals surface area contributed by atoms with E-state index in [9.17, 15) is 4.79 Å². The molecule has 1 aliphatic rings. The summed E-state index contributed by atoms with van der Waals surface area (Å²) in [7, 11) is 1.58. The van der Waals surface area contributed by atoms with E-state index in [2.05, 4.69) is 0 Å². The smallest absolute Gasteiger partial charge is 0.225 e. The van der Waals surface area contributed by atoms with Crippen LogP contribution in [0.1, 0.15) is 13.3 Å². The third-order valence-electron chi connectivity index (χ3n) is 2.59. The summed E-state index contributed by atoms with van der Waals surface area (Å²) in [6, 6.07) is 0. The van der Waals surface area contributed by atoms with E-state index in [1.165, 1.54) is 0 Å². The Morgan fingerprint density at radius 3 is 2.88 bits per heavy atom. The molecule has 0 aromatic carbocycles. The van der Waals surface area contributed by atoms with Crippen molar-refractivity contribution in [3.8, 4) is 0 Å². The Bertz CT molecular complexity index is 212. The van der Waals surface area contributed by atoms with Crippen molar-refractivity contribution in [3.63, 3.8) is 0 Å². The summed E-state index contributed by atoms with van der Waals surface area (Å²) in [6.45, 7) is 4.30. The second-order valence-corrected chi connectivity index (χ2v) is 3.82. The van der Waals surface area contributed by atoms with Crippen LogP contribution in [0.3, 0.4) is 0 Å². The zero-order chi connectivity index (χ0) is 11.3. The lowest BCUT2D eigenvalue weighted by Crippen LogP contribution is -2.46. The lowest BCUT2D eigenvalue weighted by atomic mass is 10.2. The summed E-state index contributed by atoms with van der Waals surface area (Å²) in [4.78, 5) is 13.6. The summed E-state index contributed by atoms with van der Waals surface area (Å²) in [5.74, 6) is 0.0995. The third-order valence-corrected chi connectivity index (χ3v) is 2.59. The molecule has 16 heavy (non-hydrogen) atoms. The Hall–Kier alpha value is -0.360. The van der Waals surface area contributed by atoms with Crippen molar-refractivity contribution in [2.75, 3.05) is 33.4 Å². The number of halogens is 1. The average Bonchev–Trinajstić information content (AvgIpc) is 2.25. The van der Waals surface area contributed by atoms with Crippen molar-refractivity contribution in [2.45, 2.75) is 25.6 Å². The molecule has 0 spiro atoms. The first kappa shape index (κ1) is 15.6. The van der Waals surface area contributed by atoms with E-state index in [1.54, 1.807) is 7.11 Å². The molecule has 0 aromatic heterocycles. The molecule has 0 radical (unpaired) electrons. The van der Waals surface area contributed by atoms with Gasteiger partial charge in [0.25, 0.3) is 0 Å². The Balaban J connectivity index is 0.00000225. The molecule has 2 N–H and O–H groups in total. The number of methoxy groups -OCH3 is 1. The fourth-order valence-corrected chi connectivity index (χ4v) is 1.63. The van der Waals surface area contributed by atoms with Crippen LogP contribution < -0.4 is 5.73 Å². The molecule has 1 aliphatic heterocycles. The van der Waals surface area contributed by atoms with Crippen LogP contribution in [0.4, 0.5) is 0 Å². The zero-order valence-electron chi connectivity index (χ0n) is 9.85. The number of ether oxygens (including phenoxy) is 2. The van der Waals surface area contributed by atoms with Crippen molar-refractivity contribution in [1.29, 1.82) is 0 Å². The first-order valence-corrected chi connectivity index (χ1v) is 5.29. The minimum Gasteiger partial charge on any atom is -0.380 e. The highest BCUT2D eigenvalue weighted by atomic mass is 35.5. The predicted octanol–water partition coefficient (Wildman–Crippen LogP) is 0.0193. The summed E-state index contributed by atoms with van der Waals surface area (Å²) in [6.07, 6.45) is 0.317. The van der Waals surface area contributed by atoms with Gasteiger partial charge in [-0.05, 0) is 6.92 Å². The molecule has 2 atom stereocenters. The lowest BCUT2D eigenvalue weighted by Gasteiger charge is -2.32. The molecule has 1 amide bonds. The fourth-order valence-electron chi connectivity index (χ4n) is 1.63. The van der Waals surface area contributed by atoms with E-state index in [4.69, 9.17) is 15.2 Å². The molecule has 0 bridgehead atoms. The Labute approximate surface area is 103 Å². The zero-order valence-corrected chi connectivity index (χ0v) is 10.7. The van der Waals surface area contributed by atoms with Gasteiger partial charge in [0.2, 0.25) is 5.91 Å². The number of nitrogens with zero attached hydrogens (tertiary/aromatic N) is 1. The van der Waals surface area contributed by atoms with E-state index < -0.39 is 0 Å². The Morgan fingerprint density at radius 1 is 1.69 bits per heavy atom. The van der Waals surface area contributed by atoms with Gasteiger partial charge in [0.15, 0.2) is 0 Å². The first-order chi connectivity index (χ1) is 7.17. The second kappa shape index (κ2) is 7.84. The molecule has 1 saturated heterocycles. The van der Waals surface area contributed by atoms with Crippen LogP contribution in [0.25, 0.3) is 0 Å². The number of hydrogen-bond donors (Lipinski definition) is 1. The maximum atomic E-state index is 11.8. The molecular weight excluding hydrogens is 232 g/mol. The molecule has 2 unspecified atom stereocenters. The van der Waals surface area contributed by atoms with Crippen LogP contribution >= 0.6 is 12.4 Å². The van der Waals surface area contributed by atoms with Gasteiger partial charge in [0.1, 0.15) is 0 Å². The number of hydrogen-bond acceptors (Lipinski definition) is 4. The van der Waals surface area contributed by atoms with Gasteiger partial charge in [-0.25, -0.2) is 0 Å². The monoisotopic (exact) mass is 252 g/mol. The molecular formula is C10H21ClN2O3. The molecule has 0 aromatic rings. The van der Waals surface area contributed by atoms with Crippen LogP contribution in [0.15, 0.2) is 0 Å². The molecule has 1 fully saturated rings. The van der Waals surface area contributed by atoms with Crippen LogP contribution in [0.2, 0.25) is 0 Å². The van der Waals surface area contributed by atoms with Crippen LogP contribution in [0, 0.1) is 0 Å². The SMILES string of the molecule is COC(CN)CC(=O)N1CCOC(C)C1.Cl. The predicted molar refractivity (Wildman–Crippen MR) is 63.7 cm³/mol. The van der Waals surface area contributed by atoms with Crippen molar-refractivity contribution < 1.29 is 14.3 Å². The summed E-state index contributed by atoms with van der Waals surface area (Å²) in [5.41, 5.74) is 5.47. The normalized spacial score (nSPS) is 22.4. The maximum Gasteiger partial charge on any atom is 0.225 e. The summed E-state index contributed by atoms with van der Waals surface area (Å²) >= 11 is 0. The van der Waals surface area contributed by atoms with Crippen molar-refractivity contribution in [2.24, 2.45) is 5.73 Å². The van der Waals surface area contributed by atoms with Crippen molar-refractivity contribution in [1.82, 2.24) is 4.90 Å². The summed E-state index contributed by atoms with van der Waals surface area (Å²) in [5, 5.41) is 0. The number of morpholine rings is 1. The second-order valence-electron chi connectivity index (χ2n) is 3.82. The van der Waals surface area contributed by atoms with Gasteiger partial charge in [-0.3, -0.25) is 4.79 Å². The minimum absolute atomic E-state index is 0. The highest BCUT2D eigenvalue weighted by Gasteiger charge is 2.23. The van der Waals surface area contributed by atoms with Gasteiger partial charge >= 0.3 is 0 Å². The minimum atomic E-state index is -0.171. The maximum absolute atomic E-state index is 11.8. The van der Waals surface area contributed by atoms with Crippen LogP contribution in [-0.2, 0) is 14.3 Å². The third kappa shape index (κ3) is 4.65. The summed E-state index contributed by atoms with van der Waals surface area (Å²) < 4.78 is 10.5. The number of nitrogens with two attached hydrogens (primary N) is 1. The Morgan fingerprint density at radius 2 is 2.38 bits per heavy atom. The first-order valence-electron chi connectivity index (χ1n) is 5.29. The van der Waals surface area contributed by atoms with Gasteiger partial charge in [0.05, 0.1) is 25.2 Å². The van der Waals surface area contributed by atoms with E-state index >= 15 is 0 Å². The number of carbonyl (C=O) groups is 1. The van der Waals surface area contributed by atoms with E-state index in [0.717, 1.165) is 0 Å². The molecule has 96 valence electrons. The van der Waals surface area contributed by atoms with Gasteiger partial charge < -0.3 is 20.1 Å². The fraction of sp³-hybridized carbons (Fsp3) is 0.900. The average molecular weight is 253 g/mol. The van der Waals surface area contributed by atoms with Crippen molar-refractivity contribution >= 4 is 18.3 Å². The van der Waals surface area contributed by atoms with Crippen LogP contribution in [0.5, 0.6) is 0 Å². The highest BCUT2D eigenvalue weighted by molar-refractivity contribution is 5.85. The number of amides is 1. The van der Waals surface area contributed by atoms with E-state index in [0.29, 0.717) is 32.7 Å². The largest absolute Gasteiger partial charge is 0.380 e. The molecule has 0 aliphatic carbocycles. The quantitative estimate of drug-likeness (QED) is 0.766. The number of carbonyl (C=O) groups excluding carboxylic acids is 1. The molecule has 5 nitrogen and oxygen atoms in total. The highest BCUT2D eigenvalue weighted by Crippen LogP contribution is 2.08. The van der Waals surface area contributed by atoms with Crippen LogP contribution in [-0.4, -0.2) is 56.4 Å². The molecule has 6 heteroatoms. The lowest BCUT2D eigenvalue weighted by molar-refractivity contribution is -0.140. The molecule has 1 heterocycles. The molecule has 1 rings (SSSR count). The molecule has 0 saturated carbocycles. The van der Waals surface area contributed by atoms with Gasteiger partial charge in [-0.2, -0.15) is 0 Å². The Kier molecular flexibility index (Phi) is 7.66. The van der Waals surface area contributed by atoms with E-state index in [-0.39, 0.29) is 30.5 Å².